The lowest BCUT2D eigenvalue weighted by atomic mass is 10.0. The molecule has 0 saturated carbocycles. The summed E-state index contributed by atoms with van der Waals surface area (Å²) >= 11 is 0. The van der Waals surface area contributed by atoms with E-state index in [2.05, 4.69) is 11.8 Å². The molecule has 1 aliphatic rings. The minimum absolute atomic E-state index is 0.0342. The van der Waals surface area contributed by atoms with Crippen LogP contribution >= 0.6 is 0 Å². The van der Waals surface area contributed by atoms with Crippen LogP contribution in [0.15, 0.2) is 0 Å². The van der Waals surface area contributed by atoms with E-state index in [4.69, 9.17) is 4.74 Å². The maximum atomic E-state index is 9.83. The summed E-state index contributed by atoms with van der Waals surface area (Å²) in [6.45, 7) is 9.59. The second-order valence-electron chi connectivity index (χ2n) is 4.67. The Labute approximate surface area is 87.1 Å². The standard InChI is InChI=1S/C11H23NO2/c1-4-5-6-12-7-8-14-10(9-12)11(2,3)13/h10,13H,4-9H2,1-3H3. The van der Waals surface area contributed by atoms with Gasteiger partial charge in [0.05, 0.1) is 18.3 Å². The van der Waals surface area contributed by atoms with Gasteiger partial charge in [0.15, 0.2) is 0 Å². The van der Waals surface area contributed by atoms with E-state index < -0.39 is 5.60 Å². The van der Waals surface area contributed by atoms with Crippen molar-refractivity contribution in [3.05, 3.63) is 0 Å². The minimum Gasteiger partial charge on any atom is -0.388 e. The highest BCUT2D eigenvalue weighted by Crippen LogP contribution is 2.17. The van der Waals surface area contributed by atoms with Crippen LogP contribution in [0.25, 0.3) is 0 Å². The van der Waals surface area contributed by atoms with E-state index >= 15 is 0 Å². The molecule has 1 saturated heterocycles. The largest absolute Gasteiger partial charge is 0.388 e. The topological polar surface area (TPSA) is 32.7 Å². The van der Waals surface area contributed by atoms with Gasteiger partial charge in [-0.1, -0.05) is 13.3 Å². The van der Waals surface area contributed by atoms with E-state index in [1.165, 1.54) is 12.8 Å². The van der Waals surface area contributed by atoms with Gasteiger partial charge >= 0.3 is 0 Å². The van der Waals surface area contributed by atoms with Gasteiger partial charge in [-0.15, -0.1) is 0 Å². The molecule has 0 aliphatic carbocycles. The predicted octanol–water partition coefficient (Wildman–Crippen LogP) is 1.26. The maximum absolute atomic E-state index is 9.83. The van der Waals surface area contributed by atoms with Gasteiger partial charge < -0.3 is 9.84 Å². The van der Waals surface area contributed by atoms with Gasteiger partial charge in [0.2, 0.25) is 0 Å². The van der Waals surface area contributed by atoms with Crippen LogP contribution in [0, 0.1) is 0 Å². The molecule has 0 aromatic carbocycles. The lowest BCUT2D eigenvalue weighted by Gasteiger charge is -2.38. The smallest absolute Gasteiger partial charge is 0.0983 e. The van der Waals surface area contributed by atoms with Gasteiger partial charge in [0.25, 0.3) is 0 Å². The molecular weight excluding hydrogens is 178 g/mol. The third kappa shape index (κ3) is 3.56. The van der Waals surface area contributed by atoms with Crippen molar-refractivity contribution < 1.29 is 9.84 Å². The predicted molar refractivity (Wildman–Crippen MR) is 57.4 cm³/mol. The Morgan fingerprint density at radius 2 is 2.21 bits per heavy atom. The van der Waals surface area contributed by atoms with Crippen LogP contribution in [0.3, 0.4) is 0 Å². The number of ether oxygens (including phenoxy) is 1. The molecule has 0 spiro atoms. The third-order valence-electron chi connectivity index (χ3n) is 2.77. The van der Waals surface area contributed by atoms with E-state index in [1.807, 2.05) is 13.8 Å². The quantitative estimate of drug-likeness (QED) is 0.743. The Morgan fingerprint density at radius 3 is 2.79 bits per heavy atom. The third-order valence-corrected chi connectivity index (χ3v) is 2.77. The highest BCUT2D eigenvalue weighted by molar-refractivity contribution is 4.83. The van der Waals surface area contributed by atoms with E-state index in [-0.39, 0.29) is 6.10 Å². The minimum atomic E-state index is -0.717. The molecule has 3 nitrogen and oxygen atoms in total. The highest BCUT2D eigenvalue weighted by Gasteiger charge is 2.31. The molecule has 0 bridgehead atoms. The number of hydrogen-bond acceptors (Lipinski definition) is 3. The summed E-state index contributed by atoms with van der Waals surface area (Å²) in [7, 11) is 0. The highest BCUT2D eigenvalue weighted by atomic mass is 16.5. The van der Waals surface area contributed by atoms with Crippen LogP contribution in [0.2, 0.25) is 0 Å². The van der Waals surface area contributed by atoms with Gasteiger partial charge in [0, 0.05) is 13.1 Å². The lowest BCUT2D eigenvalue weighted by Crippen LogP contribution is -2.51. The Balaban J connectivity index is 2.36. The molecule has 1 rings (SSSR count). The van der Waals surface area contributed by atoms with E-state index in [0.29, 0.717) is 0 Å². The Hall–Kier alpha value is -0.120. The lowest BCUT2D eigenvalue weighted by molar-refractivity contribution is -0.127. The van der Waals surface area contributed by atoms with Crippen molar-refractivity contribution in [2.24, 2.45) is 0 Å². The zero-order valence-corrected chi connectivity index (χ0v) is 9.62. The molecular formula is C11H23NO2. The molecule has 84 valence electrons. The zero-order valence-electron chi connectivity index (χ0n) is 9.62. The van der Waals surface area contributed by atoms with Crippen LogP contribution < -0.4 is 0 Å². The number of aliphatic hydroxyl groups is 1. The van der Waals surface area contributed by atoms with Gasteiger partial charge in [0.1, 0.15) is 0 Å². The fourth-order valence-electron chi connectivity index (χ4n) is 1.71. The van der Waals surface area contributed by atoms with E-state index in [1.54, 1.807) is 0 Å². The first-order valence-corrected chi connectivity index (χ1v) is 5.60. The summed E-state index contributed by atoms with van der Waals surface area (Å²) in [5.41, 5.74) is -0.717. The average molecular weight is 201 g/mol. The van der Waals surface area contributed by atoms with Crippen molar-refractivity contribution in [3.8, 4) is 0 Å². The molecule has 0 aromatic heterocycles. The van der Waals surface area contributed by atoms with Crippen molar-refractivity contribution >= 4 is 0 Å². The SMILES string of the molecule is CCCCN1CCOC(C(C)(C)O)C1. The fourth-order valence-corrected chi connectivity index (χ4v) is 1.71. The number of nitrogens with zero attached hydrogens (tertiary/aromatic N) is 1. The summed E-state index contributed by atoms with van der Waals surface area (Å²) in [5, 5.41) is 9.83. The van der Waals surface area contributed by atoms with E-state index in [0.717, 1.165) is 26.2 Å². The molecule has 1 heterocycles. The summed E-state index contributed by atoms with van der Waals surface area (Å²) in [4.78, 5) is 2.38. The normalized spacial score (nSPS) is 25.3. The number of morpholine rings is 1. The van der Waals surface area contributed by atoms with Crippen molar-refractivity contribution in [3.63, 3.8) is 0 Å². The first-order valence-electron chi connectivity index (χ1n) is 5.60. The van der Waals surface area contributed by atoms with Crippen molar-refractivity contribution in [2.45, 2.75) is 45.3 Å². The molecule has 0 radical (unpaired) electrons. The maximum Gasteiger partial charge on any atom is 0.0983 e. The molecule has 1 atom stereocenters. The monoisotopic (exact) mass is 201 g/mol. The number of hydrogen-bond donors (Lipinski definition) is 1. The number of unbranched alkanes of at least 4 members (excludes halogenated alkanes) is 1. The zero-order chi connectivity index (χ0) is 10.6. The van der Waals surface area contributed by atoms with Gasteiger partial charge in [-0.2, -0.15) is 0 Å². The van der Waals surface area contributed by atoms with Crippen LogP contribution in [-0.2, 0) is 4.74 Å². The van der Waals surface area contributed by atoms with Gasteiger partial charge in [-0.3, -0.25) is 4.90 Å². The van der Waals surface area contributed by atoms with Crippen molar-refractivity contribution in [1.82, 2.24) is 4.90 Å². The molecule has 3 heteroatoms. The molecule has 1 aliphatic heterocycles. The Kier molecular flexibility index (Phi) is 4.35. The van der Waals surface area contributed by atoms with Gasteiger partial charge in [-0.25, -0.2) is 0 Å². The summed E-state index contributed by atoms with van der Waals surface area (Å²) in [6, 6.07) is 0. The van der Waals surface area contributed by atoms with E-state index in [9.17, 15) is 5.11 Å². The van der Waals surface area contributed by atoms with Crippen molar-refractivity contribution in [1.29, 1.82) is 0 Å². The van der Waals surface area contributed by atoms with Crippen LogP contribution in [-0.4, -0.2) is 48.0 Å². The molecule has 0 amide bonds. The summed E-state index contributed by atoms with van der Waals surface area (Å²) in [6.07, 6.45) is 2.43. The molecule has 1 fully saturated rings. The number of rotatable bonds is 4. The first-order chi connectivity index (χ1) is 6.54. The molecule has 1 unspecified atom stereocenters. The van der Waals surface area contributed by atoms with Crippen LogP contribution in [0.1, 0.15) is 33.6 Å². The van der Waals surface area contributed by atoms with Gasteiger partial charge in [-0.05, 0) is 26.8 Å². The first kappa shape index (κ1) is 12.0. The van der Waals surface area contributed by atoms with Crippen LogP contribution in [0.5, 0.6) is 0 Å². The van der Waals surface area contributed by atoms with Crippen LogP contribution in [0.4, 0.5) is 0 Å². The molecule has 0 aromatic rings. The molecule has 1 N–H and O–H groups in total. The van der Waals surface area contributed by atoms with Crippen molar-refractivity contribution in [2.75, 3.05) is 26.2 Å². The second-order valence-corrected chi connectivity index (χ2v) is 4.67. The summed E-state index contributed by atoms with van der Waals surface area (Å²) in [5.74, 6) is 0. The Morgan fingerprint density at radius 1 is 1.50 bits per heavy atom. The molecule has 14 heavy (non-hydrogen) atoms. The Bertz CT molecular complexity index is 165. The fraction of sp³-hybridized carbons (Fsp3) is 1.00. The summed E-state index contributed by atoms with van der Waals surface area (Å²) < 4.78 is 5.56. The average Bonchev–Trinajstić information content (AvgIpc) is 2.14. The second kappa shape index (κ2) is 5.10.